The Morgan fingerprint density at radius 2 is 1.91 bits per heavy atom. The normalized spacial score (nSPS) is 15.5. The van der Waals surface area contributed by atoms with Crippen molar-refractivity contribution in [1.82, 2.24) is 15.0 Å². The van der Waals surface area contributed by atoms with E-state index in [0.29, 0.717) is 17.1 Å². The van der Waals surface area contributed by atoms with Crippen LogP contribution in [0, 0.1) is 0 Å². The molecule has 0 saturated heterocycles. The largest absolute Gasteiger partial charge is 0.477 e. The minimum Gasteiger partial charge on any atom is -0.477 e. The lowest BCUT2D eigenvalue weighted by atomic mass is 10.0. The molecule has 2 aromatic rings. The van der Waals surface area contributed by atoms with Gasteiger partial charge < -0.3 is 10.0 Å². The lowest BCUT2D eigenvalue weighted by Crippen LogP contribution is -2.28. The van der Waals surface area contributed by atoms with Crippen LogP contribution in [0.2, 0.25) is 0 Å². The summed E-state index contributed by atoms with van der Waals surface area (Å²) in [5.74, 6) is 0.212. The van der Waals surface area contributed by atoms with Gasteiger partial charge >= 0.3 is 5.97 Å². The van der Waals surface area contributed by atoms with Crippen LogP contribution in [0.25, 0.3) is 11.2 Å². The first-order valence-electron chi connectivity index (χ1n) is 8.12. The molecule has 1 aliphatic rings. The van der Waals surface area contributed by atoms with Crippen molar-refractivity contribution in [2.45, 2.75) is 51.5 Å². The molecule has 1 fully saturated rings. The zero-order chi connectivity index (χ0) is 16.6. The van der Waals surface area contributed by atoms with Crippen LogP contribution in [-0.4, -0.2) is 39.1 Å². The number of nitrogens with zero attached hydrogens (tertiary/aromatic N) is 4. The molecule has 1 N–H and O–H groups in total. The minimum absolute atomic E-state index is 0.00133. The number of pyridine rings is 1. The molecule has 0 unspecified atom stereocenters. The summed E-state index contributed by atoms with van der Waals surface area (Å²) in [6.07, 6.45) is 4.73. The van der Waals surface area contributed by atoms with Gasteiger partial charge in [-0.05, 0) is 38.8 Å². The van der Waals surface area contributed by atoms with Crippen molar-refractivity contribution in [3.63, 3.8) is 0 Å². The Morgan fingerprint density at radius 3 is 2.52 bits per heavy atom. The topological polar surface area (TPSA) is 79.2 Å². The van der Waals surface area contributed by atoms with E-state index < -0.39 is 5.97 Å². The van der Waals surface area contributed by atoms with E-state index in [1.54, 1.807) is 6.07 Å². The number of fused-ring (bicyclic) bond motifs is 1. The molecule has 2 aromatic heterocycles. The summed E-state index contributed by atoms with van der Waals surface area (Å²) in [5, 5.41) is 9.12. The molecular formula is C17H22N4O2. The van der Waals surface area contributed by atoms with Crippen molar-refractivity contribution in [3.05, 3.63) is 23.5 Å². The van der Waals surface area contributed by atoms with E-state index in [1.165, 1.54) is 18.9 Å². The van der Waals surface area contributed by atoms with Crippen molar-refractivity contribution in [2.24, 2.45) is 0 Å². The maximum absolute atomic E-state index is 11.1. The molecule has 0 spiro atoms. The molecule has 0 amide bonds. The minimum atomic E-state index is -1.05. The second-order valence-corrected chi connectivity index (χ2v) is 6.46. The second kappa shape index (κ2) is 6.10. The highest BCUT2D eigenvalue weighted by atomic mass is 16.4. The van der Waals surface area contributed by atoms with Crippen molar-refractivity contribution >= 4 is 23.0 Å². The van der Waals surface area contributed by atoms with Gasteiger partial charge in [0.15, 0.2) is 17.2 Å². The number of hydrogen-bond acceptors (Lipinski definition) is 5. The molecule has 122 valence electrons. The third-order valence-corrected chi connectivity index (χ3v) is 4.61. The van der Waals surface area contributed by atoms with Gasteiger partial charge in [-0.2, -0.15) is 0 Å². The molecular weight excluding hydrogens is 292 g/mol. The van der Waals surface area contributed by atoms with Crippen LogP contribution in [0.5, 0.6) is 0 Å². The van der Waals surface area contributed by atoms with Crippen LogP contribution in [0.3, 0.4) is 0 Å². The molecule has 6 nitrogen and oxygen atoms in total. The van der Waals surface area contributed by atoms with Crippen LogP contribution in [0.4, 0.5) is 5.82 Å². The van der Waals surface area contributed by atoms with E-state index in [2.05, 4.69) is 28.7 Å². The van der Waals surface area contributed by atoms with Crippen molar-refractivity contribution in [1.29, 1.82) is 0 Å². The van der Waals surface area contributed by atoms with E-state index >= 15 is 0 Å². The van der Waals surface area contributed by atoms with E-state index in [9.17, 15) is 4.79 Å². The molecule has 2 heterocycles. The Kier molecular flexibility index (Phi) is 4.15. The number of carboxylic acids is 1. The predicted molar refractivity (Wildman–Crippen MR) is 89.0 cm³/mol. The number of anilines is 1. The summed E-state index contributed by atoms with van der Waals surface area (Å²) in [7, 11) is 2.00. The van der Waals surface area contributed by atoms with Gasteiger partial charge in [0.05, 0.1) is 5.69 Å². The van der Waals surface area contributed by atoms with Crippen molar-refractivity contribution < 1.29 is 9.90 Å². The lowest BCUT2D eigenvalue weighted by molar-refractivity contribution is 0.0691. The van der Waals surface area contributed by atoms with Gasteiger partial charge in [0.1, 0.15) is 5.52 Å². The van der Waals surface area contributed by atoms with Crippen LogP contribution < -0.4 is 4.90 Å². The Balaban J connectivity index is 2.17. The van der Waals surface area contributed by atoms with Crippen LogP contribution in [0.1, 0.15) is 61.6 Å². The Morgan fingerprint density at radius 1 is 1.22 bits per heavy atom. The Labute approximate surface area is 135 Å². The average molecular weight is 314 g/mol. The first-order chi connectivity index (χ1) is 11.0. The fourth-order valence-electron chi connectivity index (χ4n) is 3.04. The first kappa shape index (κ1) is 15.6. The zero-order valence-corrected chi connectivity index (χ0v) is 13.8. The van der Waals surface area contributed by atoms with E-state index in [-0.39, 0.29) is 11.7 Å². The summed E-state index contributed by atoms with van der Waals surface area (Å²) in [6.45, 7) is 4.21. The van der Waals surface area contributed by atoms with Gasteiger partial charge in [0, 0.05) is 19.0 Å². The molecule has 0 aliphatic heterocycles. The molecule has 0 radical (unpaired) electrons. The van der Waals surface area contributed by atoms with Gasteiger partial charge in [-0.15, -0.1) is 0 Å². The monoisotopic (exact) mass is 314 g/mol. The lowest BCUT2D eigenvalue weighted by Gasteiger charge is -2.26. The number of carbonyl (C=O) groups is 1. The average Bonchev–Trinajstić information content (AvgIpc) is 3.06. The van der Waals surface area contributed by atoms with Gasteiger partial charge in [-0.3, -0.25) is 0 Å². The summed E-state index contributed by atoms with van der Waals surface area (Å²) < 4.78 is 0. The molecule has 0 atom stereocenters. The van der Waals surface area contributed by atoms with Crippen molar-refractivity contribution in [3.8, 4) is 0 Å². The molecule has 0 bridgehead atoms. The standard InChI is InChI=1S/C17H22N4O2/c1-10(2)21(3)16-14(11-6-4-5-7-11)18-12-8-9-13(17(22)23)19-15(12)20-16/h8-11H,4-7H2,1-3H3,(H,22,23). The summed E-state index contributed by atoms with van der Waals surface area (Å²) in [6, 6.07) is 3.48. The van der Waals surface area contributed by atoms with Crippen LogP contribution >= 0.6 is 0 Å². The summed E-state index contributed by atoms with van der Waals surface area (Å²) >= 11 is 0. The van der Waals surface area contributed by atoms with E-state index in [4.69, 9.17) is 10.1 Å². The number of aromatic carboxylic acids is 1. The third-order valence-electron chi connectivity index (χ3n) is 4.61. The maximum Gasteiger partial charge on any atom is 0.354 e. The highest BCUT2D eigenvalue weighted by Crippen LogP contribution is 2.37. The fraction of sp³-hybridized carbons (Fsp3) is 0.529. The van der Waals surface area contributed by atoms with Gasteiger partial charge in [-0.25, -0.2) is 19.7 Å². The highest BCUT2D eigenvalue weighted by Gasteiger charge is 2.26. The Hall–Kier alpha value is -2.24. The molecule has 3 rings (SSSR count). The van der Waals surface area contributed by atoms with Gasteiger partial charge in [-0.1, -0.05) is 12.8 Å². The van der Waals surface area contributed by atoms with E-state index in [1.807, 2.05) is 7.05 Å². The van der Waals surface area contributed by atoms with Crippen LogP contribution in [-0.2, 0) is 0 Å². The molecule has 6 heteroatoms. The Bertz CT molecular complexity index is 739. The molecule has 23 heavy (non-hydrogen) atoms. The SMILES string of the molecule is CC(C)N(C)c1nc2nc(C(=O)O)ccc2nc1C1CCCC1. The maximum atomic E-state index is 11.1. The smallest absolute Gasteiger partial charge is 0.354 e. The first-order valence-corrected chi connectivity index (χ1v) is 8.12. The van der Waals surface area contributed by atoms with E-state index in [0.717, 1.165) is 24.4 Å². The number of carboxylic acid groups (broad SMARTS) is 1. The summed E-state index contributed by atoms with van der Waals surface area (Å²) in [5.41, 5.74) is 2.08. The predicted octanol–water partition coefficient (Wildman–Crippen LogP) is 3.23. The quantitative estimate of drug-likeness (QED) is 0.933. The van der Waals surface area contributed by atoms with Gasteiger partial charge in [0.2, 0.25) is 0 Å². The van der Waals surface area contributed by atoms with Gasteiger partial charge in [0.25, 0.3) is 0 Å². The van der Waals surface area contributed by atoms with Crippen molar-refractivity contribution in [2.75, 3.05) is 11.9 Å². The molecule has 1 saturated carbocycles. The molecule has 1 aliphatic carbocycles. The number of aromatic nitrogens is 3. The molecule has 0 aromatic carbocycles. The third kappa shape index (κ3) is 2.98. The highest BCUT2D eigenvalue weighted by molar-refractivity contribution is 5.88. The zero-order valence-electron chi connectivity index (χ0n) is 13.8. The summed E-state index contributed by atoms with van der Waals surface area (Å²) in [4.78, 5) is 26.8. The van der Waals surface area contributed by atoms with Crippen LogP contribution in [0.15, 0.2) is 12.1 Å². The number of rotatable bonds is 4. The number of hydrogen-bond donors (Lipinski definition) is 1. The second-order valence-electron chi connectivity index (χ2n) is 6.46. The fourth-order valence-corrected chi connectivity index (χ4v) is 3.04.